The topological polar surface area (TPSA) is 51.2 Å². The van der Waals surface area contributed by atoms with Crippen molar-refractivity contribution in [3.63, 3.8) is 0 Å². The average Bonchev–Trinajstić information content (AvgIpc) is 2.44. The number of hydrogen-bond donors (Lipinski definition) is 1. The summed E-state index contributed by atoms with van der Waals surface area (Å²) in [5.41, 5.74) is -0.388. The van der Waals surface area contributed by atoms with E-state index in [1.807, 2.05) is 0 Å². The second-order valence-electron chi connectivity index (χ2n) is 3.84. The Morgan fingerprint density at radius 3 is 2.60 bits per heavy atom. The molecule has 0 atom stereocenters. The van der Waals surface area contributed by atoms with Crippen LogP contribution in [0, 0.1) is 11.6 Å². The SMILES string of the molecule is CCOc1ncccc1C(=O)Nc1c(F)cccc1F. The molecule has 1 amide bonds. The van der Waals surface area contributed by atoms with E-state index in [-0.39, 0.29) is 11.4 Å². The summed E-state index contributed by atoms with van der Waals surface area (Å²) in [6.45, 7) is 2.07. The van der Waals surface area contributed by atoms with Crippen LogP contribution in [0.3, 0.4) is 0 Å². The lowest BCUT2D eigenvalue weighted by Crippen LogP contribution is -2.16. The standard InChI is InChI=1S/C14H12F2N2O2/c1-2-20-14-9(5-4-8-17-14)13(19)18-12-10(15)6-3-7-11(12)16/h3-8H,2H2,1H3,(H,18,19). The summed E-state index contributed by atoms with van der Waals surface area (Å²) >= 11 is 0. The Labute approximate surface area is 114 Å². The van der Waals surface area contributed by atoms with E-state index in [4.69, 9.17) is 4.74 Å². The van der Waals surface area contributed by atoms with Crippen molar-refractivity contribution in [3.05, 3.63) is 53.7 Å². The molecule has 1 aromatic heterocycles. The number of benzene rings is 1. The first-order valence-corrected chi connectivity index (χ1v) is 5.96. The summed E-state index contributed by atoms with van der Waals surface area (Å²) in [6, 6.07) is 6.34. The van der Waals surface area contributed by atoms with E-state index < -0.39 is 23.2 Å². The maximum absolute atomic E-state index is 13.5. The van der Waals surface area contributed by atoms with Crippen molar-refractivity contribution in [1.29, 1.82) is 0 Å². The van der Waals surface area contributed by atoms with Crippen LogP contribution in [-0.2, 0) is 0 Å². The van der Waals surface area contributed by atoms with Gasteiger partial charge in [0.15, 0.2) is 0 Å². The molecule has 0 radical (unpaired) electrons. The lowest BCUT2D eigenvalue weighted by Gasteiger charge is -2.10. The molecule has 6 heteroatoms. The summed E-state index contributed by atoms with van der Waals surface area (Å²) in [7, 11) is 0. The van der Waals surface area contributed by atoms with E-state index in [2.05, 4.69) is 10.3 Å². The van der Waals surface area contributed by atoms with E-state index in [1.54, 1.807) is 6.92 Å². The number of hydrogen-bond acceptors (Lipinski definition) is 3. The molecule has 0 aliphatic carbocycles. The van der Waals surface area contributed by atoms with Crippen LogP contribution in [0.15, 0.2) is 36.5 Å². The van der Waals surface area contributed by atoms with Gasteiger partial charge in [0.25, 0.3) is 5.91 Å². The maximum atomic E-state index is 13.5. The van der Waals surface area contributed by atoms with Gasteiger partial charge in [-0.2, -0.15) is 0 Å². The van der Waals surface area contributed by atoms with Crippen molar-refractivity contribution >= 4 is 11.6 Å². The van der Waals surface area contributed by atoms with Crippen molar-refractivity contribution in [2.75, 3.05) is 11.9 Å². The minimum absolute atomic E-state index is 0.108. The highest BCUT2D eigenvalue weighted by atomic mass is 19.1. The van der Waals surface area contributed by atoms with Gasteiger partial charge >= 0.3 is 0 Å². The number of carbonyl (C=O) groups excluding carboxylic acids is 1. The largest absolute Gasteiger partial charge is 0.477 e. The summed E-state index contributed by atoms with van der Waals surface area (Å²) in [4.78, 5) is 16.0. The molecule has 0 fully saturated rings. The first kappa shape index (κ1) is 13.9. The Hall–Kier alpha value is -2.50. The van der Waals surface area contributed by atoms with Gasteiger partial charge in [-0.25, -0.2) is 13.8 Å². The van der Waals surface area contributed by atoms with E-state index >= 15 is 0 Å². The average molecular weight is 278 g/mol. The fourth-order valence-electron chi connectivity index (χ4n) is 1.61. The number of nitrogens with zero attached hydrogens (tertiary/aromatic N) is 1. The van der Waals surface area contributed by atoms with Crippen molar-refractivity contribution in [3.8, 4) is 5.88 Å². The van der Waals surface area contributed by atoms with Crippen LogP contribution in [-0.4, -0.2) is 17.5 Å². The number of pyridine rings is 1. The summed E-state index contributed by atoms with van der Waals surface area (Å²) in [6.07, 6.45) is 1.46. The highest BCUT2D eigenvalue weighted by Gasteiger charge is 2.17. The lowest BCUT2D eigenvalue weighted by atomic mass is 10.2. The van der Waals surface area contributed by atoms with Crippen molar-refractivity contribution in [2.24, 2.45) is 0 Å². The van der Waals surface area contributed by atoms with Crippen LogP contribution in [0.25, 0.3) is 0 Å². The molecular weight excluding hydrogens is 266 g/mol. The van der Waals surface area contributed by atoms with Crippen LogP contribution in [0.1, 0.15) is 17.3 Å². The number of halogens is 2. The minimum Gasteiger partial charge on any atom is -0.477 e. The molecule has 0 bridgehead atoms. The third kappa shape index (κ3) is 2.90. The Kier molecular flexibility index (Phi) is 4.24. The Balaban J connectivity index is 2.29. The smallest absolute Gasteiger partial charge is 0.261 e. The molecule has 0 aliphatic heterocycles. The van der Waals surface area contributed by atoms with E-state index in [0.29, 0.717) is 6.61 Å². The van der Waals surface area contributed by atoms with Crippen molar-refractivity contribution in [2.45, 2.75) is 6.92 Å². The third-order valence-electron chi connectivity index (χ3n) is 2.50. The second kappa shape index (κ2) is 6.10. The summed E-state index contributed by atoms with van der Waals surface area (Å²) in [5.74, 6) is -2.27. The second-order valence-corrected chi connectivity index (χ2v) is 3.84. The first-order valence-electron chi connectivity index (χ1n) is 5.96. The normalized spacial score (nSPS) is 10.2. The molecular formula is C14H12F2N2O2. The van der Waals surface area contributed by atoms with Crippen LogP contribution in [0.4, 0.5) is 14.5 Å². The molecule has 2 rings (SSSR count). The molecule has 1 aromatic carbocycles. The molecule has 0 saturated heterocycles. The maximum Gasteiger partial charge on any atom is 0.261 e. The molecule has 1 heterocycles. The molecule has 104 valence electrons. The van der Waals surface area contributed by atoms with Gasteiger partial charge in [-0.1, -0.05) is 6.07 Å². The predicted molar refractivity (Wildman–Crippen MR) is 69.7 cm³/mol. The molecule has 0 aliphatic rings. The van der Waals surface area contributed by atoms with Gasteiger partial charge in [-0.15, -0.1) is 0 Å². The summed E-state index contributed by atoms with van der Waals surface area (Å²) < 4.78 is 32.1. The minimum atomic E-state index is -0.847. The summed E-state index contributed by atoms with van der Waals surface area (Å²) in [5, 5.41) is 2.18. The van der Waals surface area contributed by atoms with Gasteiger partial charge in [0.1, 0.15) is 22.9 Å². The quantitative estimate of drug-likeness (QED) is 0.935. The van der Waals surface area contributed by atoms with Crippen LogP contribution >= 0.6 is 0 Å². The Morgan fingerprint density at radius 1 is 1.25 bits per heavy atom. The van der Waals surface area contributed by atoms with Gasteiger partial charge in [0, 0.05) is 6.20 Å². The van der Waals surface area contributed by atoms with Gasteiger partial charge in [0.05, 0.1) is 6.61 Å². The number of para-hydroxylation sites is 1. The fourth-order valence-corrected chi connectivity index (χ4v) is 1.61. The number of anilines is 1. The van der Waals surface area contributed by atoms with Crippen molar-refractivity contribution < 1.29 is 18.3 Å². The number of aromatic nitrogens is 1. The van der Waals surface area contributed by atoms with Crippen LogP contribution in [0.2, 0.25) is 0 Å². The number of nitrogens with one attached hydrogen (secondary N) is 1. The Bertz CT molecular complexity index is 612. The van der Waals surface area contributed by atoms with Crippen LogP contribution in [0.5, 0.6) is 5.88 Å². The van der Waals surface area contributed by atoms with Crippen molar-refractivity contribution in [1.82, 2.24) is 4.98 Å². The van der Waals surface area contributed by atoms with Gasteiger partial charge < -0.3 is 10.1 Å². The van der Waals surface area contributed by atoms with Crippen LogP contribution < -0.4 is 10.1 Å². The zero-order chi connectivity index (χ0) is 14.5. The zero-order valence-corrected chi connectivity index (χ0v) is 10.7. The monoisotopic (exact) mass is 278 g/mol. The predicted octanol–water partition coefficient (Wildman–Crippen LogP) is 3.01. The molecule has 20 heavy (non-hydrogen) atoms. The molecule has 4 nitrogen and oxygen atoms in total. The molecule has 0 saturated carbocycles. The number of rotatable bonds is 4. The van der Waals surface area contributed by atoms with E-state index in [9.17, 15) is 13.6 Å². The lowest BCUT2D eigenvalue weighted by molar-refractivity contribution is 0.102. The molecule has 0 spiro atoms. The van der Waals surface area contributed by atoms with Gasteiger partial charge in [-0.3, -0.25) is 4.79 Å². The number of carbonyl (C=O) groups is 1. The van der Waals surface area contributed by atoms with Gasteiger partial charge in [-0.05, 0) is 31.2 Å². The molecule has 1 N–H and O–H groups in total. The Morgan fingerprint density at radius 2 is 1.95 bits per heavy atom. The van der Waals surface area contributed by atoms with Gasteiger partial charge in [0.2, 0.25) is 5.88 Å². The first-order chi connectivity index (χ1) is 9.63. The molecule has 2 aromatic rings. The number of ether oxygens (including phenoxy) is 1. The third-order valence-corrected chi connectivity index (χ3v) is 2.50. The molecule has 0 unspecified atom stereocenters. The van der Waals surface area contributed by atoms with E-state index in [1.165, 1.54) is 24.4 Å². The zero-order valence-electron chi connectivity index (χ0n) is 10.7. The number of amides is 1. The highest BCUT2D eigenvalue weighted by molar-refractivity contribution is 6.05. The fraction of sp³-hybridized carbons (Fsp3) is 0.143. The highest BCUT2D eigenvalue weighted by Crippen LogP contribution is 2.21. The van der Waals surface area contributed by atoms with E-state index in [0.717, 1.165) is 12.1 Å².